The molecule has 0 spiro atoms. The second-order valence-electron chi connectivity index (χ2n) is 7.49. The second kappa shape index (κ2) is 10.3. The SMILES string of the molecule is CCc1ccc(N=c2scc(-c3ccc(OC)c(OC)c3)n2CCc2ccccc2)cc1. The molecule has 0 saturated heterocycles. The third-order valence-corrected chi connectivity index (χ3v) is 6.38. The number of aromatic nitrogens is 1. The fourth-order valence-corrected chi connectivity index (χ4v) is 4.62. The summed E-state index contributed by atoms with van der Waals surface area (Å²) in [4.78, 5) is 5.96. The minimum atomic E-state index is 0.722. The number of ether oxygens (including phenoxy) is 2. The maximum Gasteiger partial charge on any atom is 0.190 e. The molecule has 4 rings (SSSR count). The number of rotatable bonds is 8. The Morgan fingerprint density at radius 3 is 2.28 bits per heavy atom. The van der Waals surface area contributed by atoms with Crippen molar-refractivity contribution in [2.24, 2.45) is 4.99 Å². The van der Waals surface area contributed by atoms with Gasteiger partial charge in [0, 0.05) is 17.5 Å². The van der Waals surface area contributed by atoms with Gasteiger partial charge in [-0.1, -0.05) is 49.4 Å². The highest BCUT2D eigenvalue weighted by Crippen LogP contribution is 2.32. The predicted octanol–water partition coefficient (Wildman–Crippen LogP) is 6.27. The number of methoxy groups -OCH3 is 2. The zero-order chi connectivity index (χ0) is 22.3. The van der Waals surface area contributed by atoms with Crippen molar-refractivity contribution < 1.29 is 9.47 Å². The molecular formula is C27H28N2O2S. The standard InChI is InChI=1S/C27H28N2O2S/c1-4-20-10-13-23(14-11-20)28-27-29(17-16-21-8-6-5-7-9-21)24(19-32-27)22-12-15-25(30-2)26(18-22)31-3/h5-15,18-19H,4,16-17H2,1-3H3. The summed E-state index contributed by atoms with van der Waals surface area (Å²) < 4.78 is 13.3. The van der Waals surface area contributed by atoms with E-state index in [1.165, 1.54) is 11.1 Å². The van der Waals surface area contributed by atoms with Crippen molar-refractivity contribution in [3.05, 3.63) is 94.1 Å². The van der Waals surface area contributed by atoms with Crippen molar-refractivity contribution in [1.82, 2.24) is 4.57 Å². The van der Waals surface area contributed by atoms with Crippen molar-refractivity contribution in [2.45, 2.75) is 26.3 Å². The van der Waals surface area contributed by atoms with Gasteiger partial charge >= 0.3 is 0 Å². The van der Waals surface area contributed by atoms with Crippen molar-refractivity contribution in [1.29, 1.82) is 0 Å². The highest BCUT2D eigenvalue weighted by molar-refractivity contribution is 7.07. The molecule has 0 unspecified atom stereocenters. The van der Waals surface area contributed by atoms with E-state index in [4.69, 9.17) is 14.5 Å². The van der Waals surface area contributed by atoms with Crippen LogP contribution in [0.1, 0.15) is 18.1 Å². The highest BCUT2D eigenvalue weighted by Gasteiger charge is 2.12. The van der Waals surface area contributed by atoms with Gasteiger partial charge in [-0.05, 0) is 54.3 Å². The molecule has 4 aromatic rings. The van der Waals surface area contributed by atoms with Gasteiger partial charge in [0.15, 0.2) is 16.3 Å². The first-order chi connectivity index (χ1) is 15.7. The Balaban J connectivity index is 1.76. The number of benzene rings is 3. The van der Waals surface area contributed by atoms with Crippen molar-refractivity contribution in [2.75, 3.05) is 14.2 Å². The van der Waals surface area contributed by atoms with Crippen LogP contribution in [0.5, 0.6) is 11.5 Å². The second-order valence-corrected chi connectivity index (χ2v) is 8.33. The monoisotopic (exact) mass is 444 g/mol. The number of aryl methyl sites for hydroxylation is 2. The average molecular weight is 445 g/mol. The molecule has 0 N–H and O–H groups in total. The lowest BCUT2D eigenvalue weighted by Gasteiger charge is -2.12. The lowest BCUT2D eigenvalue weighted by molar-refractivity contribution is 0.355. The third-order valence-electron chi connectivity index (χ3n) is 5.51. The summed E-state index contributed by atoms with van der Waals surface area (Å²) in [6.45, 7) is 3.00. The van der Waals surface area contributed by atoms with Crippen LogP contribution in [0.3, 0.4) is 0 Å². The van der Waals surface area contributed by atoms with Gasteiger partial charge < -0.3 is 14.0 Å². The zero-order valence-corrected chi connectivity index (χ0v) is 19.6. The van der Waals surface area contributed by atoms with Gasteiger partial charge in [0.05, 0.1) is 25.6 Å². The Morgan fingerprint density at radius 2 is 1.59 bits per heavy atom. The summed E-state index contributed by atoms with van der Waals surface area (Å²) in [7, 11) is 3.32. The Morgan fingerprint density at radius 1 is 0.844 bits per heavy atom. The topological polar surface area (TPSA) is 35.8 Å². The number of hydrogen-bond donors (Lipinski definition) is 0. The van der Waals surface area contributed by atoms with Crippen molar-refractivity contribution in [3.8, 4) is 22.8 Å². The van der Waals surface area contributed by atoms with E-state index in [1.54, 1.807) is 25.6 Å². The molecule has 0 amide bonds. The van der Waals surface area contributed by atoms with E-state index in [-0.39, 0.29) is 0 Å². The Bertz CT molecular complexity index is 1220. The Kier molecular flexibility index (Phi) is 7.07. The molecule has 0 fully saturated rings. The minimum Gasteiger partial charge on any atom is -0.493 e. The van der Waals surface area contributed by atoms with Gasteiger partial charge in [-0.2, -0.15) is 0 Å². The first kappa shape index (κ1) is 21.9. The summed E-state index contributed by atoms with van der Waals surface area (Å²) in [6, 6.07) is 25.1. The lowest BCUT2D eigenvalue weighted by Crippen LogP contribution is -2.17. The summed E-state index contributed by atoms with van der Waals surface area (Å²) in [5.41, 5.74) is 5.79. The van der Waals surface area contributed by atoms with Gasteiger partial charge in [0.1, 0.15) is 0 Å². The molecule has 0 radical (unpaired) electrons. The first-order valence-electron chi connectivity index (χ1n) is 10.8. The van der Waals surface area contributed by atoms with E-state index >= 15 is 0 Å². The molecule has 1 aromatic heterocycles. The molecular weight excluding hydrogens is 416 g/mol. The molecule has 0 atom stereocenters. The molecule has 0 saturated carbocycles. The van der Waals surface area contributed by atoms with Crippen LogP contribution in [0.25, 0.3) is 11.3 Å². The van der Waals surface area contributed by atoms with Gasteiger partial charge in [-0.15, -0.1) is 11.3 Å². The molecule has 4 nitrogen and oxygen atoms in total. The van der Waals surface area contributed by atoms with Gasteiger partial charge in [0.2, 0.25) is 0 Å². The van der Waals surface area contributed by atoms with Gasteiger partial charge in [-0.3, -0.25) is 0 Å². The summed E-state index contributed by atoms with van der Waals surface area (Å²) >= 11 is 1.66. The summed E-state index contributed by atoms with van der Waals surface area (Å²) in [5, 5.41) is 2.17. The third kappa shape index (κ3) is 4.94. The molecule has 32 heavy (non-hydrogen) atoms. The molecule has 0 aliphatic carbocycles. The molecule has 0 bridgehead atoms. The molecule has 5 heteroatoms. The van der Waals surface area contributed by atoms with Crippen LogP contribution < -0.4 is 14.3 Å². The van der Waals surface area contributed by atoms with Crippen LogP contribution in [-0.4, -0.2) is 18.8 Å². The maximum atomic E-state index is 5.54. The normalized spacial score (nSPS) is 11.5. The Hall–Kier alpha value is -3.31. The van der Waals surface area contributed by atoms with Gasteiger partial charge in [-0.25, -0.2) is 4.99 Å². The molecule has 3 aromatic carbocycles. The minimum absolute atomic E-state index is 0.722. The Labute approximate surface area is 193 Å². The van der Waals surface area contributed by atoms with Crippen LogP contribution in [-0.2, 0) is 19.4 Å². The molecule has 0 aliphatic heterocycles. The van der Waals surface area contributed by atoms with E-state index < -0.39 is 0 Å². The largest absolute Gasteiger partial charge is 0.493 e. The number of hydrogen-bond acceptors (Lipinski definition) is 4. The van der Waals surface area contributed by atoms with E-state index in [9.17, 15) is 0 Å². The maximum absolute atomic E-state index is 5.54. The summed E-state index contributed by atoms with van der Waals surface area (Å²) in [5.74, 6) is 1.45. The van der Waals surface area contributed by atoms with Crippen LogP contribution in [0.2, 0.25) is 0 Å². The van der Waals surface area contributed by atoms with E-state index in [2.05, 4.69) is 77.5 Å². The number of nitrogens with zero attached hydrogens (tertiary/aromatic N) is 2. The molecule has 0 aliphatic rings. The smallest absolute Gasteiger partial charge is 0.190 e. The van der Waals surface area contributed by atoms with E-state index in [1.807, 2.05) is 12.1 Å². The van der Waals surface area contributed by atoms with E-state index in [0.717, 1.165) is 52.6 Å². The highest BCUT2D eigenvalue weighted by atomic mass is 32.1. The van der Waals surface area contributed by atoms with Crippen LogP contribution in [0.4, 0.5) is 5.69 Å². The average Bonchev–Trinajstić information content (AvgIpc) is 3.25. The van der Waals surface area contributed by atoms with Crippen LogP contribution in [0, 0.1) is 0 Å². The van der Waals surface area contributed by atoms with Crippen molar-refractivity contribution in [3.63, 3.8) is 0 Å². The first-order valence-corrected chi connectivity index (χ1v) is 11.7. The molecule has 164 valence electrons. The van der Waals surface area contributed by atoms with Crippen molar-refractivity contribution >= 4 is 17.0 Å². The molecule has 1 heterocycles. The predicted molar refractivity (Wildman–Crippen MR) is 132 cm³/mol. The van der Waals surface area contributed by atoms with Crippen LogP contribution in [0.15, 0.2) is 83.2 Å². The summed E-state index contributed by atoms with van der Waals surface area (Å²) in [6.07, 6.45) is 1.96. The number of thiazole rings is 1. The van der Waals surface area contributed by atoms with Gasteiger partial charge in [0.25, 0.3) is 0 Å². The van der Waals surface area contributed by atoms with E-state index in [0.29, 0.717) is 0 Å². The van der Waals surface area contributed by atoms with Crippen LogP contribution >= 0.6 is 11.3 Å². The quantitative estimate of drug-likeness (QED) is 0.321. The zero-order valence-electron chi connectivity index (χ0n) is 18.7. The lowest BCUT2D eigenvalue weighted by atomic mass is 10.1. The fraction of sp³-hybridized carbons (Fsp3) is 0.222. The fourth-order valence-electron chi connectivity index (χ4n) is 3.66.